The van der Waals surface area contributed by atoms with E-state index < -0.39 is 6.10 Å². The molecule has 1 saturated heterocycles. The third-order valence-corrected chi connectivity index (χ3v) is 6.56. The molecule has 2 rings (SSSR count). The highest BCUT2D eigenvalue weighted by Gasteiger charge is 2.30. The molecule has 0 aromatic carbocycles. The molecule has 0 aromatic rings. The van der Waals surface area contributed by atoms with E-state index in [1.165, 1.54) is 11.1 Å². The predicted octanol–water partition coefficient (Wildman–Crippen LogP) is 6.32. The van der Waals surface area contributed by atoms with Gasteiger partial charge in [-0.3, -0.25) is 0 Å². The van der Waals surface area contributed by atoms with Gasteiger partial charge in [0.2, 0.25) is 0 Å². The van der Waals surface area contributed by atoms with E-state index in [1.807, 2.05) is 37.3 Å². The van der Waals surface area contributed by atoms with Crippen molar-refractivity contribution in [3.63, 3.8) is 0 Å². The second-order valence-electron chi connectivity index (χ2n) is 7.77. The van der Waals surface area contributed by atoms with Gasteiger partial charge in [0.15, 0.2) is 0 Å². The average Bonchev–Trinajstić information content (AvgIpc) is 2.91. The van der Waals surface area contributed by atoms with Crippen molar-refractivity contribution < 1.29 is 14.9 Å². The highest BCUT2D eigenvalue weighted by molar-refractivity contribution is 8.00. The Labute approximate surface area is 192 Å². The van der Waals surface area contributed by atoms with Crippen molar-refractivity contribution in [1.29, 1.82) is 0 Å². The van der Waals surface area contributed by atoms with Crippen molar-refractivity contribution in [2.24, 2.45) is 0 Å². The Morgan fingerprint density at radius 3 is 2.74 bits per heavy atom. The number of thioether (sulfide) groups is 1. The molecule has 1 aliphatic carbocycles. The Hall–Kier alpha value is -2.01. The molecule has 2 aliphatic rings. The van der Waals surface area contributed by atoms with Gasteiger partial charge in [-0.05, 0) is 56.4 Å². The summed E-state index contributed by atoms with van der Waals surface area (Å²) in [5.74, 6) is 0.867. The van der Waals surface area contributed by atoms with E-state index in [0.29, 0.717) is 12.8 Å². The molecule has 168 valence electrons. The van der Waals surface area contributed by atoms with Crippen LogP contribution in [0.4, 0.5) is 0 Å². The van der Waals surface area contributed by atoms with Crippen molar-refractivity contribution in [3.8, 4) is 0 Å². The van der Waals surface area contributed by atoms with Crippen LogP contribution in [0.1, 0.15) is 46.5 Å². The minimum atomic E-state index is -0.438. The first-order valence-electron chi connectivity index (χ1n) is 11.0. The summed E-state index contributed by atoms with van der Waals surface area (Å²) >= 11 is 1.62. The molecule has 3 unspecified atom stereocenters. The SMILES string of the molecule is C=C/C=C(/C=C\C=C/C)C(=C/C)\CC1=CC(C)=CCC=C1OC1CC(O)CC(CO)S1. The van der Waals surface area contributed by atoms with Crippen molar-refractivity contribution in [2.75, 3.05) is 6.61 Å². The molecular formula is C27H36O3S. The lowest BCUT2D eigenvalue weighted by Crippen LogP contribution is -2.31. The molecule has 3 atom stereocenters. The molecule has 0 saturated carbocycles. The summed E-state index contributed by atoms with van der Waals surface area (Å²) in [4.78, 5) is 0. The number of aliphatic hydroxyl groups is 2. The monoisotopic (exact) mass is 440 g/mol. The Kier molecular flexibility index (Phi) is 10.9. The van der Waals surface area contributed by atoms with E-state index in [9.17, 15) is 10.2 Å². The molecule has 0 bridgehead atoms. The summed E-state index contributed by atoms with van der Waals surface area (Å²) in [7, 11) is 0. The lowest BCUT2D eigenvalue weighted by molar-refractivity contribution is 0.0811. The van der Waals surface area contributed by atoms with Gasteiger partial charge >= 0.3 is 0 Å². The summed E-state index contributed by atoms with van der Waals surface area (Å²) < 4.78 is 6.41. The topological polar surface area (TPSA) is 49.7 Å². The highest BCUT2D eigenvalue weighted by atomic mass is 32.2. The number of ether oxygens (including phenoxy) is 1. The number of aliphatic hydroxyl groups excluding tert-OH is 2. The van der Waals surface area contributed by atoms with Gasteiger partial charge in [-0.1, -0.05) is 66.8 Å². The standard InChI is InChI=1S/C27H36O3S/c1-5-8-9-13-22(11-6-2)21(7-3)16-23-15-20(4)12-10-14-26(23)30-27-18-24(29)17-25(19-28)31-27/h5-9,11-15,24-25,27-29H,2,10,16-19H2,1,3-4H3/b8-5-,13-9-,21-7-,22-11-. The van der Waals surface area contributed by atoms with E-state index in [0.717, 1.165) is 29.7 Å². The molecule has 0 radical (unpaired) electrons. The van der Waals surface area contributed by atoms with Gasteiger partial charge < -0.3 is 14.9 Å². The maximum Gasteiger partial charge on any atom is 0.147 e. The van der Waals surface area contributed by atoms with E-state index in [2.05, 4.69) is 50.8 Å². The predicted molar refractivity (Wildman–Crippen MR) is 134 cm³/mol. The third kappa shape index (κ3) is 8.21. The minimum absolute atomic E-state index is 0.0115. The first kappa shape index (κ1) is 25.3. The van der Waals surface area contributed by atoms with Crippen LogP contribution in [0.15, 0.2) is 95.4 Å². The van der Waals surface area contributed by atoms with Crippen molar-refractivity contribution >= 4 is 11.8 Å². The van der Waals surface area contributed by atoms with Gasteiger partial charge in [0.25, 0.3) is 0 Å². The molecule has 31 heavy (non-hydrogen) atoms. The first-order chi connectivity index (χ1) is 15.0. The number of allylic oxidation sites excluding steroid dienone is 14. The molecule has 0 spiro atoms. The van der Waals surface area contributed by atoms with E-state index in [4.69, 9.17) is 4.74 Å². The fourth-order valence-electron chi connectivity index (χ4n) is 3.68. The molecule has 0 amide bonds. The zero-order chi connectivity index (χ0) is 22.6. The molecule has 1 fully saturated rings. The van der Waals surface area contributed by atoms with Crippen LogP contribution in [0, 0.1) is 0 Å². The van der Waals surface area contributed by atoms with Crippen molar-refractivity contribution in [2.45, 2.75) is 63.2 Å². The summed E-state index contributed by atoms with van der Waals surface area (Å²) in [6.07, 6.45) is 22.9. The van der Waals surface area contributed by atoms with Gasteiger partial charge in [0, 0.05) is 18.1 Å². The maximum atomic E-state index is 10.2. The Balaban J connectivity index is 2.26. The number of hydrogen-bond donors (Lipinski definition) is 2. The van der Waals surface area contributed by atoms with Crippen LogP contribution >= 0.6 is 11.8 Å². The molecular weight excluding hydrogens is 404 g/mol. The van der Waals surface area contributed by atoms with Crippen molar-refractivity contribution in [3.05, 3.63) is 95.4 Å². The van der Waals surface area contributed by atoms with E-state index >= 15 is 0 Å². The van der Waals surface area contributed by atoms with E-state index in [1.54, 1.807) is 11.8 Å². The molecule has 4 heteroatoms. The zero-order valence-electron chi connectivity index (χ0n) is 19.0. The molecule has 3 nitrogen and oxygen atoms in total. The van der Waals surface area contributed by atoms with Crippen LogP contribution in [0.3, 0.4) is 0 Å². The zero-order valence-corrected chi connectivity index (χ0v) is 19.8. The average molecular weight is 441 g/mol. The molecule has 2 N–H and O–H groups in total. The molecule has 1 heterocycles. The van der Waals surface area contributed by atoms with Crippen LogP contribution in [0.2, 0.25) is 0 Å². The van der Waals surface area contributed by atoms with Crippen LogP contribution < -0.4 is 0 Å². The maximum absolute atomic E-state index is 10.2. The minimum Gasteiger partial charge on any atom is -0.480 e. The van der Waals surface area contributed by atoms with Gasteiger partial charge in [0.05, 0.1) is 12.7 Å². The molecule has 1 aliphatic heterocycles. The smallest absolute Gasteiger partial charge is 0.147 e. The lowest BCUT2D eigenvalue weighted by Gasteiger charge is -2.32. The van der Waals surface area contributed by atoms with Crippen LogP contribution in [0.5, 0.6) is 0 Å². The normalized spacial score (nSPS) is 25.8. The third-order valence-electron chi connectivity index (χ3n) is 5.24. The molecule has 0 aromatic heterocycles. The fourth-order valence-corrected chi connectivity index (χ4v) is 5.02. The van der Waals surface area contributed by atoms with Gasteiger partial charge in [-0.15, -0.1) is 11.8 Å². The number of hydrogen-bond acceptors (Lipinski definition) is 4. The summed E-state index contributed by atoms with van der Waals surface area (Å²) in [5, 5.41) is 19.8. The fraction of sp³-hybridized carbons (Fsp3) is 0.407. The Morgan fingerprint density at radius 1 is 1.26 bits per heavy atom. The summed E-state index contributed by atoms with van der Waals surface area (Å²) in [6, 6.07) is 0. The van der Waals surface area contributed by atoms with Crippen molar-refractivity contribution in [1.82, 2.24) is 0 Å². The highest BCUT2D eigenvalue weighted by Crippen LogP contribution is 2.37. The Bertz CT molecular complexity index is 823. The van der Waals surface area contributed by atoms with Gasteiger partial charge in [-0.2, -0.15) is 0 Å². The number of rotatable bonds is 9. The second kappa shape index (κ2) is 13.4. The Morgan fingerprint density at radius 2 is 2.06 bits per heavy atom. The van der Waals surface area contributed by atoms with Gasteiger partial charge in [0.1, 0.15) is 11.2 Å². The summed E-state index contributed by atoms with van der Waals surface area (Å²) in [5.41, 5.74) is 4.48. The van der Waals surface area contributed by atoms with Crippen LogP contribution in [0.25, 0.3) is 0 Å². The quantitative estimate of drug-likeness (QED) is 0.412. The van der Waals surface area contributed by atoms with Gasteiger partial charge in [-0.25, -0.2) is 0 Å². The van der Waals surface area contributed by atoms with E-state index in [-0.39, 0.29) is 17.3 Å². The summed E-state index contributed by atoms with van der Waals surface area (Å²) in [6.45, 7) is 10.1. The largest absolute Gasteiger partial charge is 0.480 e. The second-order valence-corrected chi connectivity index (χ2v) is 9.23. The lowest BCUT2D eigenvalue weighted by atomic mass is 9.95. The van der Waals surface area contributed by atoms with Crippen LogP contribution in [-0.2, 0) is 4.74 Å². The first-order valence-corrected chi connectivity index (χ1v) is 11.9. The van der Waals surface area contributed by atoms with Crippen LogP contribution in [-0.4, -0.2) is 33.6 Å².